The Hall–Kier alpha value is -0.750. The first-order valence-electron chi connectivity index (χ1n) is 7.00. The summed E-state index contributed by atoms with van der Waals surface area (Å²) < 4.78 is 44.9. The molecule has 1 fully saturated rings. The van der Waals surface area contributed by atoms with Crippen molar-refractivity contribution in [1.82, 2.24) is 0 Å². The van der Waals surface area contributed by atoms with Crippen molar-refractivity contribution < 1.29 is 17.9 Å². The number of ether oxygens (including phenoxy) is 1. The second-order valence-electron chi connectivity index (χ2n) is 5.34. The average molecular weight is 366 g/mol. The Labute approximate surface area is 131 Å². The van der Waals surface area contributed by atoms with Crippen molar-refractivity contribution >= 4 is 21.6 Å². The molecule has 1 saturated heterocycles. The van der Waals surface area contributed by atoms with Gasteiger partial charge in [-0.25, -0.2) is 0 Å². The van der Waals surface area contributed by atoms with Crippen molar-refractivity contribution in [2.24, 2.45) is 0 Å². The molecule has 0 N–H and O–H groups in total. The van der Waals surface area contributed by atoms with Crippen molar-refractivity contribution in [3.63, 3.8) is 0 Å². The van der Waals surface area contributed by atoms with E-state index in [1.807, 2.05) is 4.90 Å². The van der Waals surface area contributed by atoms with Gasteiger partial charge in [0.15, 0.2) is 0 Å². The van der Waals surface area contributed by atoms with Crippen LogP contribution in [0.3, 0.4) is 0 Å². The number of benzene rings is 1. The zero-order chi connectivity index (χ0) is 15.5. The van der Waals surface area contributed by atoms with Crippen molar-refractivity contribution in [1.29, 1.82) is 0 Å². The zero-order valence-corrected chi connectivity index (χ0v) is 13.5. The fourth-order valence-corrected chi connectivity index (χ4v) is 3.03. The van der Waals surface area contributed by atoms with E-state index in [4.69, 9.17) is 4.74 Å². The van der Waals surface area contributed by atoms with Crippen LogP contribution < -0.4 is 4.90 Å². The van der Waals surface area contributed by atoms with Gasteiger partial charge in [0.05, 0.1) is 11.7 Å². The van der Waals surface area contributed by atoms with E-state index in [0.717, 1.165) is 25.9 Å². The van der Waals surface area contributed by atoms with E-state index in [9.17, 15) is 13.2 Å². The fraction of sp³-hybridized carbons (Fsp3) is 0.600. The number of alkyl halides is 4. The average Bonchev–Trinajstić information content (AvgIpc) is 2.46. The van der Waals surface area contributed by atoms with Crippen LogP contribution in [0.5, 0.6) is 0 Å². The second-order valence-corrected chi connectivity index (χ2v) is 5.90. The molecule has 1 aliphatic rings. The van der Waals surface area contributed by atoms with Crippen LogP contribution in [0.1, 0.15) is 30.4 Å². The topological polar surface area (TPSA) is 12.5 Å². The molecule has 0 radical (unpaired) electrons. The number of halogens is 4. The van der Waals surface area contributed by atoms with Gasteiger partial charge in [0.1, 0.15) is 0 Å². The van der Waals surface area contributed by atoms with Gasteiger partial charge >= 0.3 is 6.18 Å². The highest BCUT2D eigenvalue weighted by molar-refractivity contribution is 9.08. The molecule has 1 aromatic rings. The molecule has 21 heavy (non-hydrogen) atoms. The molecule has 1 aromatic carbocycles. The van der Waals surface area contributed by atoms with Gasteiger partial charge in [-0.1, -0.05) is 22.0 Å². The summed E-state index contributed by atoms with van der Waals surface area (Å²) in [6, 6.07) is 4.49. The second kappa shape index (κ2) is 7.01. The van der Waals surface area contributed by atoms with E-state index in [-0.39, 0.29) is 17.0 Å². The first-order valence-corrected chi connectivity index (χ1v) is 8.13. The van der Waals surface area contributed by atoms with Gasteiger partial charge < -0.3 is 9.64 Å². The number of rotatable bonds is 4. The Morgan fingerprint density at radius 2 is 2.10 bits per heavy atom. The number of likely N-dealkylation sites (N-methyl/N-ethyl adjacent to an activating group) is 1. The van der Waals surface area contributed by atoms with Crippen LogP contribution in [0.25, 0.3) is 0 Å². The smallest absolute Gasteiger partial charge is 0.376 e. The van der Waals surface area contributed by atoms with E-state index in [0.29, 0.717) is 12.2 Å². The first kappa shape index (κ1) is 16.6. The summed E-state index contributed by atoms with van der Waals surface area (Å²) in [5.74, 6) is 0. The minimum atomic E-state index is -4.33. The number of anilines is 1. The molecule has 1 unspecified atom stereocenters. The maximum absolute atomic E-state index is 13.1. The van der Waals surface area contributed by atoms with Gasteiger partial charge in [0.25, 0.3) is 0 Å². The SMILES string of the molecule is CN(CC1CCCCO1)c1ccc(CBr)c(C(F)(F)F)c1. The first-order chi connectivity index (χ1) is 9.91. The van der Waals surface area contributed by atoms with Crippen LogP contribution in [0.4, 0.5) is 18.9 Å². The van der Waals surface area contributed by atoms with Gasteiger partial charge in [-0.3, -0.25) is 0 Å². The number of hydrogen-bond donors (Lipinski definition) is 0. The molecule has 2 rings (SSSR count). The van der Waals surface area contributed by atoms with E-state index >= 15 is 0 Å². The normalized spacial score (nSPS) is 19.6. The van der Waals surface area contributed by atoms with E-state index in [1.165, 1.54) is 12.1 Å². The molecule has 0 aliphatic carbocycles. The monoisotopic (exact) mass is 365 g/mol. The van der Waals surface area contributed by atoms with Crippen molar-refractivity contribution in [2.75, 3.05) is 25.1 Å². The minimum Gasteiger partial charge on any atom is -0.376 e. The lowest BCUT2D eigenvalue weighted by Crippen LogP contribution is -2.33. The Kier molecular flexibility index (Phi) is 5.54. The van der Waals surface area contributed by atoms with Gasteiger partial charge in [-0.2, -0.15) is 13.2 Å². The largest absolute Gasteiger partial charge is 0.416 e. The standard InChI is InChI=1S/C15H19BrF3NO/c1-20(10-13-4-2-3-7-21-13)12-6-5-11(9-16)14(8-12)15(17,18)19/h5-6,8,13H,2-4,7,9-10H2,1H3. The lowest BCUT2D eigenvalue weighted by Gasteiger charge is -2.29. The predicted octanol–water partition coefficient (Wildman–Crippen LogP) is 4.61. The summed E-state index contributed by atoms with van der Waals surface area (Å²) in [6.07, 6.45) is -1.07. The molecule has 118 valence electrons. The molecule has 0 bridgehead atoms. The third-order valence-corrected chi connectivity index (χ3v) is 4.34. The maximum atomic E-state index is 13.1. The van der Waals surface area contributed by atoms with Crippen molar-refractivity contribution in [2.45, 2.75) is 36.9 Å². The summed E-state index contributed by atoms with van der Waals surface area (Å²) >= 11 is 3.11. The van der Waals surface area contributed by atoms with Crippen LogP contribution in [0.2, 0.25) is 0 Å². The molecule has 6 heteroatoms. The minimum absolute atomic E-state index is 0.105. The molecule has 0 aromatic heterocycles. The molecule has 0 spiro atoms. The highest BCUT2D eigenvalue weighted by Gasteiger charge is 2.33. The number of hydrogen-bond acceptors (Lipinski definition) is 2. The zero-order valence-electron chi connectivity index (χ0n) is 11.9. The highest BCUT2D eigenvalue weighted by atomic mass is 79.9. The van der Waals surface area contributed by atoms with Gasteiger partial charge in [0, 0.05) is 31.2 Å². The summed E-state index contributed by atoms with van der Waals surface area (Å²) in [7, 11) is 1.81. The van der Waals surface area contributed by atoms with Crippen LogP contribution in [-0.4, -0.2) is 26.3 Å². The van der Waals surface area contributed by atoms with Gasteiger partial charge in [-0.15, -0.1) is 0 Å². The highest BCUT2D eigenvalue weighted by Crippen LogP contribution is 2.35. The van der Waals surface area contributed by atoms with Crippen molar-refractivity contribution in [3.8, 4) is 0 Å². The maximum Gasteiger partial charge on any atom is 0.416 e. The van der Waals surface area contributed by atoms with E-state index in [1.54, 1.807) is 13.1 Å². The molecule has 1 atom stereocenters. The summed E-state index contributed by atoms with van der Waals surface area (Å²) in [5, 5.41) is 0.192. The molecule has 0 saturated carbocycles. The molecule has 1 heterocycles. The van der Waals surface area contributed by atoms with Crippen LogP contribution >= 0.6 is 15.9 Å². The van der Waals surface area contributed by atoms with Gasteiger partial charge in [-0.05, 0) is 37.0 Å². The third-order valence-electron chi connectivity index (χ3n) is 3.74. The predicted molar refractivity (Wildman–Crippen MR) is 80.9 cm³/mol. The molecular formula is C15H19BrF3NO. The Morgan fingerprint density at radius 3 is 2.67 bits per heavy atom. The molecule has 1 aliphatic heterocycles. The Balaban J connectivity index is 2.15. The molecule has 0 amide bonds. The van der Waals surface area contributed by atoms with Crippen LogP contribution in [0, 0.1) is 0 Å². The lowest BCUT2D eigenvalue weighted by molar-refractivity contribution is -0.138. The quantitative estimate of drug-likeness (QED) is 0.722. The fourth-order valence-electron chi connectivity index (χ4n) is 2.54. The van der Waals surface area contributed by atoms with Crippen LogP contribution in [-0.2, 0) is 16.2 Å². The van der Waals surface area contributed by atoms with Crippen molar-refractivity contribution in [3.05, 3.63) is 29.3 Å². The third kappa shape index (κ3) is 4.36. The summed E-state index contributed by atoms with van der Waals surface area (Å²) in [6.45, 7) is 1.36. The van der Waals surface area contributed by atoms with Gasteiger partial charge in [0.2, 0.25) is 0 Å². The van der Waals surface area contributed by atoms with E-state index < -0.39 is 11.7 Å². The van der Waals surface area contributed by atoms with Crippen LogP contribution in [0.15, 0.2) is 18.2 Å². The summed E-state index contributed by atoms with van der Waals surface area (Å²) in [5.41, 5.74) is 0.253. The Morgan fingerprint density at radius 1 is 1.33 bits per heavy atom. The molecular weight excluding hydrogens is 347 g/mol. The molecule has 2 nitrogen and oxygen atoms in total. The lowest BCUT2D eigenvalue weighted by atomic mass is 10.1. The summed E-state index contributed by atoms with van der Waals surface area (Å²) in [4.78, 5) is 1.84. The van der Waals surface area contributed by atoms with E-state index in [2.05, 4.69) is 15.9 Å². The number of nitrogens with zero attached hydrogens (tertiary/aromatic N) is 1. The Bertz CT molecular complexity index is 472.